The van der Waals surface area contributed by atoms with Crippen LogP contribution in [-0.2, 0) is 9.59 Å². The van der Waals surface area contributed by atoms with Crippen LogP contribution in [0.25, 0.3) is 0 Å². The molecule has 0 saturated carbocycles. The van der Waals surface area contributed by atoms with E-state index >= 15 is 0 Å². The van der Waals surface area contributed by atoms with Crippen LogP contribution in [0.1, 0.15) is 44.6 Å². The molecule has 22 heavy (non-hydrogen) atoms. The molecule has 1 N–H and O–H groups in total. The van der Waals surface area contributed by atoms with Crippen LogP contribution in [0.4, 0.5) is 5.69 Å². The Morgan fingerprint density at radius 2 is 2.09 bits per heavy atom. The fourth-order valence-electron chi connectivity index (χ4n) is 2.64. The third kappa shape index (κ3) is 4.08. The van der Waals surface area contributed by atoms with Gasteiger partial charge in [0.2, 0.25) is 11.8 Å². The molecular formula is C17H21N3O2. The quantitative estimate of drug-likeness (QED) is 0.932. The highest BCUT2D eigenvalue weighted by atomic mass is 16.2. The molecule has 0 bridgehead atoms. The summed E-state index contributed by atoms with van der Waals surface area (Å²) in [7, 11) is 0. The highest BCUT2D eigenvalue weighted by Crippen LogP contribution is 2.16. The minimum Gasteiger partial charge on any atom is -0.331 e. The van der Waals surface area contributed by atoms with Crippen molar-refractivity contribution in [3.63, 3.8) is 0 Å². The number of benzene rings is 1. The molecule has 2 rings (SSSR count). The number of likely N-dealkylation sites (tertiary alicyclic amines) is 1. The number of carbonyl (C=O) groups excluding carboxylic acids is 2. The van der Waals surface area contributed by atoms with Gasteiger partial charge in [-0.15, -0.1) is 0 Å². The smallest absolute Gasteiger partial charge is 0.246 e. The number of nitrogens with one attached hydrogen (secondary N) is 1. The molecule has 1 fully saturated rings. The zero-order chi connectivity index (χ0) is 15.9. The zero-order valence-corrected chi connectivity index (χ0v) is 12.8. The lowest BCUT2D eigenvalue weighted by molar-refractivity contribution is -0.138. The molecule has 1 aromatic carbocycles. The van der Waals surface area contributed by atoms with Gasteiger partial charge in [-0.3, -0.25) is 9.59 Å². The lowest BCUT2D eigenvalue weighted by Crippen LogP contribution is -2.46. The lowest BCUT2D eigenvalue weighted by atomic mass is 10.1. The first-order valence-corrected chi connectivity index (χ1v) is 7.72. The summed E-state index contributed by atoms with van der Waals surface area (Å²) in [5.41, 5.74) is 1.07. The summed E-state index contributed by atoms with van der Waals surface area (Å²) in [5, 5.41) is 11.7. The van der Waals surface area contributed by atoms with Crippen molar-refractivity contribution in [2.45, 2.75) is 45.1 Å². The molecule has 2 amide bonds. The van der Waals surface area contributed by atoms with Gasteiger partial charge in [0.1, 0.15) is 6.04 Å². The molecule has 0 spiro atoms. The molecule has 0 aliphatic carbocycles. The lowest BCUT2D eigenvalue weighted by Gasteiger charge is -2.30. The number of hydrogen-bond donors (Lipinski definition) is 1. The summed E-state index contributed by atoms with van der Waals surface area (Å²) in [4.78, 5) is 26.2. The van der Waals surface area contributed by atoms with E-state index < -0.39 is 6.04 Å². The summed E-state index contributed by atoms with van der Waals surface area (Å²) < 4.78 is 0. The summed E-state index contributed by atoms with van der Waals surface area (Å²) in [6.07, 6.45) is 4.53. The van der Waals surface area contributed by atoms with Crippen molar-refractivity contribution in [3.8, 4) is 6.07 Å². The first kappa shape index (κ1) is 16.0. The minimum atomic E-state index is -0.503. The maximum atomic E-state index is 12.4. The second kappa shape index (κ2) is 7.60. The SMILES string of the molecule is CC(C(=O)Nc1cccc(C#N)c1)N1CCCCCCC1=O. The van der Waals surface area contributed by atoms with Crippen LogP contribution in [0.2, 0.25) is 0 Å². The van der Waals surface area contributed by atoms with Gasteiger partial charge in [-0.25, -0.2) is 0 Å². The van der Waals surface area contributed by atoms with Crippen LogP contribution in [0.5, 0.6) is 0 Å². The predicted octanol–water partition coefficient (Wildman–Crippen LogP) is 2.68. The third-order valence-electron chi connectivity index (χ3n) is 3.97. The normalized spacial score (nSPS) is 17.1. The second-order valence-corrected chi connectivity index (χ2v) is 5.61. The first-order valence-electron chi connectivity index (χ1n) is 7.72. The minimum absolute atomic E-state index is 0.0492. The van der Waals surface area contributed by atoms with E-state index in [0.29, 0.717) is 24.2 Å². The van der Waals surface area contributed by atoms with Crippen molar-refractivity contribution in [1.82, 2.24) is 4.90 Å². The molecule has 5 nitrogen and oxygen atoms in total. The molecule has 116 valence electrons. The van der Waals surface area contributed by atoms with Gasteiger partial charge in [0.15, 0.2) is 0 Å². The van der Waals surface area contributed by atoms with Crippen LogP contribution in [0, 0.1) is 11.3 Å². The molecule has 1 aliphatic heterocycles. The Morgan fingerprint density at radius 1 is 1.32 bits per heavy atom. The average molecular weight is 299 g/mol. The second-order valence-electron chi connectivity index (χ2n) is 5.61. The number of nitrogens with zero attached hydrogens (tertiary/aromatic N) is 2. The molecule has 1 saturated heterocycles. The van der Waals surface area contributed by atoms with E-state index in [-0.39, 0.29) is 11.8 Å². The molecule has 0 radical (unpaired) electrons. The standard InChI is InChI=1S/C17H21N3O2/c1-13(20-10-5-3-2-4-9-16(20)21)17(22)19-15-8-6-7-14(11-15)12-18/h6-8,11,13H,2-5,9-10H2,1H3,(H,19,22). The summed E-state index contributed by atoms with van der Waals surface area (Å²) in [5.74, 6) is -0.169. The number of hydrogen-bond acceptors (Lipinski definition) is 3. The molecular weight excluding hydrogens is 278 g/mol. The summed E-state index contributed by atoms with van der Waals surface area (Å²) in [6, 6.07) is 8.30. The van der Waals surface area contributed by atoms with Crippen LogP contribution in [-0.4, -0.2) is 29.3 Å². The highest BCUT2D eigenvalue weighted by Gasteiger charge is 2.26. The van der Waals surface area contributed by atoms with Gasteiger partial charge in [0.25, 0.3) is 0 Å². The van der Waals surface area contributed by atoms with Crippen molar-refractivity contribution >= 4 is 17.5 Å². The van der Waals surface area contributed by atoms with Crippen molar-refractivity contribution in [2.75, 3.05) is 11.9 Å². The van der Waals surface area contributed by atoms with E-state index in [1.165, 1.54) is 0 Å². The van der Waals surface area contributed by atoms with Gasteiger partial charge in [0, 0.05) is 18.7 Å². The number of rotatable bonds is 3. The Labute approximate surface area is 130 Å². The van der Waals surface area contributed by atoms with Crippen LogP contribution in [0.15, 0.2) is 24.3 Å². The number of nitriles is 1. The van der Waals surface area contributed by atoms with Crippen molar-refractivity contribution in [1.29, 1.82) is 5.26 Å². The van der Waals surface area contributed by atoms with Gasteiger partial charge in [-0.2, -0.15) is 5.26 Å². The van der Waals surface area contributed by atoms with E-state index in [2.05, 4.69) is 5.32 Å². The van der Waals surface area contributed by atoms with Gasteiger partial charge < -0.3 is 10.2 Å². The molecule has 0 aromatic heterocycles. The van der Waals surface area contributed by atoms with Gasteiger partial charge in [-0.05, 0) is 38.0 Å². The Hall–Kier alpha value is -2.35. The maximum Gasteiger partial charge on any atom is 0.246 e. The average Bonchev–Trinajstić information content (AvgIpc) is 2.51. The summed E-state index contributed by atoms with van der Waals surface area (Å²) >= 11 is 0. The van der Waals surface area contributed by atoms with Crippen LogP contribution in [0.3, 0.4) is 0 Å². The van der Waals surface area contributed by atoms with Crippen LogP contribution < -0.4 is 5.32 Å². The van der Waals surface area contributed by atoms with E-state index in [1.807, 2.05) is 6.07 Å². The third-order valence-corrected chi connectivity index (χ3v) is 3.97. The predicted molar refractivity (Wildman–Crippen MR) is 84.0 cm³/mol. The Morgan fingerprint density at radius 3 is 2.86 bits per heavy atom. The van der Waals surface area contributed by atoms with Gasteiger partial charge in [-0.1, -0.05) is 18.9 Å². The van der Waals surface area contributed by atoms with Crippen molar-refractivity contribution < 1.29 is 9.59 Å². The zero-order valence-electron chi connectivity index (χ0n) is 12.8. The Kier molecular flexibility index (Phi) is 5.54. The van der Waals surface area contributed by atoms with E-state index in [0.717, 1.165) is 25.7 Å². The largest absolute Gasteiger partial charge is 0.331 e. The first-order chi connectivity index (χ1) is 10.6. The fraction of sp³-hybridized carbons (Fsp3) is 0.471. The van der Waals surface area contributed by atoms with Crippen molar-refractivity contribution in [3.05, 3.63) is 29.8 Å². The number of carbonyl (C=O) groups is 2. The van der Waals surface area contributed by atoms with Gasteiger partial charge in [0.05, 0.1) is 11.6 Å². The van der Waals surface area contributed by atoms with E-state index in [1.54, 1.807) is 36.1 Å². The Bertz CT molecular complexity index is 592. The van der Waals surface area contributed by atoms with E-state index in [9.17, 15) is 9.59 Å². The number of anilines is 1. The van der Waals surface area contributed by atoms with Crippen LogP contribution >= 0.6 is 0 Å². The fourth-order valence-corrected chi connectivity index (χ4v) is 2.64. The van der Waals surface area contributed by atoms with Gasteiger partial charge >= 0.3 is 0 Å². The molecule has 1 atom stereocenters. The van der Waals surface area contributed by atoms with E-state index in [4.69, 9.17) is 5.26 Å². The molecule has 1 aromatic rings. The monoisotopic (exact) mass is 299 g/mol. The molecule has 5 heteroatoms. The van der Waals surface area contributed by atoms with Crippen molar-refractivity contribution in [2.24, 2.45) is 0 Å². The maximum absolute atomic E-state index is 12.4. The molecule has 1 unspecified atom stereocenters. The number of amides is 2. The summed E-state index contributed by atoms with van der Waals surface area (Å²) in [6.45, 7) is 2.38. The Balaban J connectivity index is 2.03. The highest BCUT2D eigenvalue weighted by molar-refractivity contribution is 5.97. The molecule has 1 aliphatic rings. The molecule has 1 heterocycles. The topological polar surface area (TPSA) is 73.2 Å².